The molecule has 2 unspecified atom stereocenters. The zero-order valence-electron chi connectivity index (χ0n) is 37.1. The van der Waals surface area contributed by atoms with Crippen LogP contribution in [0.4, 0.5) is 0 Å². The van der Waals surface area contributed by atoms with Gasteiger partial charge in [-0.1, -0.05) is 0 Å². The molecule has 0 bridgehead atoms. The second kappa shape index (κ2) is 17.2. The van der Waals surface area contributed by atoms with Crippen molar-refractivity contribution in [2.24, 2.45) is 11.8 Å². The van der Waals surface area contributed by atoms with Crippen molar-refractivity contribution in [2.75, 3.05) is 0 Å². The molecule has 0 nitrogen and oxygen atoms in total. The number of fused-ring (bicyclic) bond motifs is 4. The maximum absolute atomic E-state index is 2.73. The van der Waals surface area contributed by atoms with Crippen LogP contribution in [-0.4, -0.2) is 5.98 Å². The Morgan fingerprint density at radius 1 is 0.387 bits per heavy atom. The van der Waals surface area contributed by atoms with E-state index in [9.17, 15) is 0 Å². The molecule has 10 rings (SSSR count). The van der Waals surface area contributed by atoms with E-state index in [1.807, 2.05) is 0 Å². The van der Waals surface area contributed by atoms with Crippen LogP contribution in [-0.2, 0) is 20.6 Å². The Hall–Kier alpha value is -5.15. The third kappa shape index (κ3) is 7.37. The summed E-state index contributed by atoms with van der Waals surface area (Å²) in [5.41, 5.74) is 20.4. The summed E-state index contributed by atoms with van der Waals surface area (Å²) in [4.78, 5) is 0. The quantitative estimate of drug-likeness (QED) is 0.113. The molecule has 0 radical (unpaired) electrons. The van der Waals surface area contributed by atoms with Crippen LogP contribution in [0.15, 0.2) is 181 Å². The van der Waals surface area contributed by atoms with E-state index >= 15 is 0 Å². The molecule has 2 aliphatic carbocycles. The Balaban J connectivity index is 1.13. The van der Waals surface area contributed by atoms with Crippen LogP contribution in [0.5, 0.6) is 0 Å². The zero-order valence-corrected chi connectivity index (χ0v) is 41.9. The van der Waals surface area contributed by atoms with E-state index in [2.05, 4.69) is 223 Å². The molecule has 0 saturated heterocycles. The van der Waals surface area contributed by atoms with E-state index in [1.54, 1.807) is 22.3 Å². The summed E-state index contributed by atoms with van der Waals surface area (Å²) in [7, 11) is 0. The third-order valence-electron chi connectivity index (χ3n) is 13.5. The Bertz CT molecular complexity index is 2820. The molecule has 2 heteroatoms. The summed E-state index contributed by atoms with van der Waals surface area (Å²) in [6, 6.07) is 64.4. The summed E-state index contributed by atoms with van der Waals surface area (Å²) in [5, 5.41) is 5.21. The van der Waals surface area contributed by atoms with Crippen LogP contribution in [0.1, 0.15) is 70.1 Å². The van der Waals surface area contributed by atoms with E-state index < -0.39 is 26.6 Å². The maximum atomic E-state index is 2.73. The van der Waals surface area contributed by atoms with Crippen molar-refractivity contribution < 1.29 is 20.6 Å². The second-order valence-electron chi connectivity index (χ2n) is 18.9. The van der Waals surface area contributed by atoms with Crippen molar-refractivity contribution in [3.05, 3.63) is 203 Å². The molecule has 2 atom stereocenters. The van der Waals surface area contributed by atoms with Gasteiger partial charge in [0, 0.05) is 0 Å². The van der Waals surface area contributed by atoms with Gasteiger partial charge in [0.25, 0.3) is 0 Å². The molecule has 305 valence electrons. The summed E-state index contributed by atoms with van der Waals surface area (Å²) < 4.78 is 1.18. The normalized spacial score (nSPS) is 15.7. The van der Waals surface area contributed by atoms with Gasteiger partial charge in [0.05, 0.1) is 0 Å². The molecule has 0 heterocycles. The van der Waals surface area contributed by atoms with Crippen molar-refractivity contribution in [1.82, 2.24) is 0 Å². The molecule has 0 aromatic heterocycles. The van der Waals surface area contributed by atoms with Gasteiger partial charge < -0.3 is 0 Å². The van der Waals surface area contributed by atoms with Crippen LogP contribution in [0.25, 0.3) is 78.2 Å². The van der Waals surface area contributed by atoms with Crippen molar-refractivity contribution in [1.29, 1.82) is 0 Å². The Morgan fingerprint density at radius 3 is 1.11 bits per heavy atom. The summed E-state index contributed by atoms with van der Waals surface area (Å²) in [5.74, 6) is 0.104. The van der Waals surface area contributed by atoms with Gasteiger partial charge in [-0.05, 0) is 0 Å². The molecule has 0 saturated carbocycles. The van der Waals surface area contributed by atoms with Crippen molar-refractivity contribution in [3.63, 3.8) is 0 Å². The van der Waals surface area contributed by atoms with Crippen LogP contribution in [0.2, 0.25) is 13.1 Å². The van der Waals surface area contributed by atoms with E-state index in [-0.39, 0.29) is 0 Å². The predicted octanol–water partition coefficient (Wildman–Crippen LogP) is 16.9. The van der Waals surface area contributed by atoms with Gasteiger partial charge in [0.1, 0.15) is 0 Å². The van der Waals surface area contributed by atoms with Gasteiger partial charge in [0.15, 0.2) is 0 Å². The van der Waals surface area contributed by atoms with E-state index in [1.165, 1.54) is 90.0 Å². The molecule has 62 heavy (non-hydrogen) atoms. The van der Waals surface area contributed by atoms with Gasteiger partial charge in [-0.15, -0.1) is 0 Å². The zero-order chi connectivity index (χ0) is 42.5. The molecule has 0 amide bonds. The van der Waals surface area contributed by atoms with Crippen molar-refractivity contribution in [2.45, 2.75) is 61.0 Å². The number of allylic oxidation sites excluding steroid dienone is 2. The first-order valence-corrected chi connectivity index (χ1v) is 36.2. The SMILES string of the molecule is CC(C)CC1=Cc2c(-c3ccccc3-c3cccc4ccccc34)cccc2[CH]1[Hf]([CH]1C(CC(C)C)=Cc2c(-c3ccccc3-c3cccc4ccccc34)cccc21)[SiH](C)C. The predicted molar refractivity (Wildman–Crippen MR) is 269 cm³/mol. The van der Waals surface area contributed by atoms with Gasteiger partial charge >= 0.3 is 381 Å². The Kier molecular flexibility index (Phi) is 11.3. The molecule has 0 N–H and O–H groups in total. The third-order valence-corrected chi connectivity index (χ3v) is 44.4. The Labute approximate surface area is 378 Å². The molecule has 8 aromatic carbocycles. The fraction of sp³-hybridized carbons (Fsp3) is 0.200. The first-order chi connectivity index (χ1) is 30.3. The van der Waals surface area contributed by atoms with Gasteiger partial charge in [-0.3, -0.25) is 0 Å². The summed E-state index contributed by atoms with van der Waals surface area (Å²) in [6.07, 6.45) is 7.74. The standard InChI is InChI=1S/2C29H25.C2H7Si.Hf/c2*1-20(2)17-21-18-23-11-8-16-28(29(23)19-21)27-14-6-5-13-26(27)25-15-7-10-22-9-3-4-12-24(22)25;1-3-2;/h2*3-16,18-20H,17H2,1-2H3;3H,1-2H3;. The molecular weight excluding hydrogens is 927 g/mol. The van der Waals surface area contributed by atoms with Crippen molar-refractivity contribution >= 4 is 39.7 Å². The Morgan fingerprint density at radius 2 is 0.710 bits per heavy atom. The second-order valence-corrected chi connectivity index (χ2v) is 46.9. The van der Waals surface area contributed by atoms with Gasteiger partial charge in [-0.25, -0.2) is 0 Å². The number of benzene rings is 8. The first kappa shape index (κ1) is 40.9. The monoisotopic (exact) mass is 985 g/mol. The molecule has 8 aromatic rings. The molecule has 2 aliphatic rings. The minimum absolute atomic E-state index is 0.590. The topological polar surface area (TPSA) is 0 Å². The molecule has 0 fully saturated rings. The van der Waals surface area contributed by atoms with E-state index in [0.29, 0.717) is 19.2 Å². The molecule has 0 spiro atoms. The number of hydrogen-bond donors (Lipinski definition) is 0. The van der Waals surface area contributed by atoms with E-state index in [0.717, 1.165) is 0 Å². The minimum atomic E-state index is -2.67. The summed E-state index contributed by atoms with van der Waals surface area (Å²) >= 11 is -2.67. The van der Waals surface area contributed by atoms with Crippen LogP contribution >= 0.6 is 0 Å². The molecule has 0 aliphatic heterocycles. The average Bonchev–Trinajstić information content (AvgIpc) is 3.83. The van der Waals surface area contributed by atoms with Gasteiger partial charge in [0.2, 0.25) is 0 Å². The number of hydrogen-bond acceptors (Lipinski definition) is 0. The van der Waals surface area contributed by atoms with Gasteiger partial charge in [-0.2, -0.15) is 0 Å². The van der Waals surface area contributed by atoms with Crippen molar-refractivity contribution in [3.8, 4) is 44.5 Å². The fourth-order valence-corrected chi connectivity index (χ4v) is 43.4. The van der Waals surface area contributed by atoms with Crippen LogP contribution < -0.4 is 0 Å². The first-order valence-electron chi connectivity index (χ1n) is 22.9. The number of rotatable bonds is 11. The fourth-order valence-electron chi connectivity index (χ4n) is 11.1. The van der Waals surface area contributed by atoms with Crippen LogP contribution in [0.3, 0.4) is 0 Å². The summed E-state index contributed by atoms with van der Waals surface area (Å²) in [6.45, 7) is 15.2. The molecular formula is C60H57HfSi. The average molecular weight is 985 g/mol. The van der Waals surface area contributed by atoms with E-state index in [4.69, 9.17) is 0 Å². The van der Waals surface area contributed by atoms with Crippen LogP contribution in [0, 0.1) is 11.8 Å².